The zero-order valence-corrected chi connectivity index (χ0v) is 10.5. The minimum Gasteiger partial charge on any atom is -0.399 e. The second-order valence-electron chi connectivity index (χ2n) is 3.99. The molecule has 0 bridgehead atoms. The van der Waals surface area contributed by atoms with Crippen molar-refractivity contribution in [1.29, 1.82) is 5.26 Å². The summed E-state index contributed by atoms with van der Waals surface area (Å²) in [4.78, 5) is 13.6. The monoisotopic (exact) mass is 249 g/mol. The van der Waals surface area contributed by atoms with E-state index in [1.165, 1.54) is 17.0 Å². The van der Waals surface area contributed by atoms with E-state index in [9.17, 15) is 9.18 Å². The Kier molecular flexibility index (Phi) is 4.67. The highest BCUT2D eigenvalue weighted by molar-refractivity contribution is 5.95. The highest BCUT2D eigenvalue weighted by atomic mass is 19.1. The van der Waals surface area contributed by atoms with E-state index in [0.717, 1.165) is 0 Å². The first-order chi connectivity index (χ1) is 8.51. The third kappa shape index (κ3) is 2.98. The molecular formula is C13H16FN3O. The van der Waals surface area contributed by atoms with Gasteiger partial charge in [-0.05, 0) is 31.5 Å². The number of nitrogens with zero attached hydrogens (tertiary/aromatic N) is 2. The topological polar surface area (TPSA) is 70.1 Å². The quantitative estimate of drug-likeness (QED) is 0.830. The van der Waals surface area contributed by atoms with Crippen molar-refractivity contribution in [1.82, 2.24) is 4.90 Å². The summed E-state index contributed by atoms with van der Waals surface area (Å²) in [5, 5.41) is 8.52. The maximum atomic E-state index is 13.9. The van der Waals surface area contributed by atoms with E-state index in [4.69, 9.17) is 11.0 Å². The first-order valence-electron chi connectivity index (χ1n) is 5.73. The lowest BCUT2D eigenvalue weighted by atomic mass is 10.1. The molecule has 0 spiro atoms. The normalized spacial score (nSPS) is 9.89. The number of carbonyl (C=O) groups is 1. The van der Waals surface area contributed by atoms with E-state index in [-0.39, 0.29) is 12.0 Å². The third-order valence-corrected chi connectivity index (χ3v) is 2.67. The Bertz CT molecular complexity index is 494. The Hall–Kier alpha value is -2.09. The van der Waals surface area contributed by atoms with E-state index in [1.807, 2.05) is 6.07 Å². The van der Waals surface area contributed by atoms with Gasteiger partial charge in [0.05, 0.1) is 18.1 Å². The van der Waals surface area contributed by atoms with Crippen LogP contribution in [0.25, 0.3) is 0 Å². The number of anilines is 1. The molecule has 0 aliphatic heterocycles. The molecule has 0 aromatic heterocycles. The molecule has 0 heterocycles. The summed E-state index contributed by atoms with van der Waals surface area (Å²) in [6, 6.07) is 4.78. The number of rotatable bonds is 4. The largest absolute Gasteiger partial charge is 0.399 e. The van der Waals surface area contributed by atoms with E-state index < -0.39 is 11.7 Å². The van der Waals surface area contributed by atoms with Crippen LogP contribution >= 0.6 is 0 Å². The molecule has 0 radical (unpaired) electrons. The minimum absolute atomic E-state index is 0.0349. The molecule has 2 N–H and O–H groups in total. The van der Waals surface area contributed by atoms with Gasteiger partial charge in [-0.2, -0.15) is 5.26 Å². The van der Waals surface area contributed by atoms with Crippen molar-refractivity contribution in [2.24, 2.45) is 0 Å². The lowest BCUT2D eigenvalue weighted by Gasteiger charge is -2.20. The van der Waals surface area contributed by atoms with Crippen molar-refractivity contribution in [2.45, 2.75) is 20.3 Å². The second-order valence-corrected chi connectivity index (χ2v) is 3.99. The first-order valence-corrected chi connectivity index (χ1v) is 5.73. The van der Waals surface area contributed by atoms with Gasteiger partial charge in [-0.1, -0.05) is 0 Å². The molecule has 1 aromatic carbocycles. The van der Waals surface area contributed by atoms with Crippen LogP contribution in [-0.4, -0.2) is 23.9 Å². The van der Waals surface area contributed by atoms with Crippen LogP contribution in [-0.2, 0) is 0 Å². The van der Waals surface area contributed by atoms with Crippen LogP contribution in [0.1, 0.15) is 29.3 Å². The van der Waals surface area contributed by atoms with Gasteiger partial charge in [-0.25, -0.2) is 4.39 Å². The predicted octanol–water partition coefficient (Wildman–Crippen LogP) is 2.09. The molecule has 5 heteroatoms. The molecule has 0 aliphatic carbocycles. The molecule has 0 aliphatic rings. The highest BCUT2D eigenvalue weighted by Crippen LogP contribution is 2.18. The Morgan fingerprint density at radius 1 is 1.56 bits per heavy atom. The lowest BCUT2D eigenvalue weighted by Crippen LogP contribution is -2.32. The van der Waals surface area contributed by atoms with Gasteiger partial charge in [-0.3, -0.25) is 4.79 Å². The number of aryl methyl sites for hydroxylation is 1. The highest BCUT2D eigenvalue weighted by Gasteiger charge is 2.19. The maximum Gasteiger partial charge on any atom is 0.256 e. The van der Waals surface area contributed by atoms with E-state index in [1.54, 1.807) is 13.8 Å². The number of nitriles is 1. The zero-order valence-electron chi connectivity index (χ0n) is 10.5. The summed E-state index contributed by atoms with van der Waals surface area (Å²) >= 11 is 0. The van der Waals surface area contributed by atoms with Gasteiger partial charge >= 0.3 is 0 Å². The number of halogens is 1. The predicted molar refractivity (Wildman–Crippen MR) is 67.4 cm³/mol. The van der Waals surface area contributed by atoms with Crippen LogP contribution < -0.4 is 5.73 Å². The number of hydrogen-bond acceptors (Lipinski definition) is 3. The summed E-state index contributed by atoms with van der Waals surface area (Å²) < 4.78 is 13.9. The molecule has 0 atom stereocenters. The van der Waals surface area contributed by atoms with Crippen molar-refractivity contribution in [3.05, 3.63) is 29.1 Å². The Labute approximate surface area is 106 Å². The van der Waals surface area contributed by atoms with Crippen LogP contribution in [0.4, 0.5) is 10.1 Å². The summed E-state index contributed by atoms with van der Waals surface area (Å²) in [7, 11) is 0. The summed E-state index contributed by atoms with van der Waals surface area (Å²) in [5.41, 5.74) is 6.28. The van der Waals surface area contributed by atoms with Gasteiger partial charge in [0, 0.05) is 18.8 Å². The van der Waals surface area contributed by atoms with E-state index >= 15 is 0 Å². The molecule has 0 saturated carbocycles. The second kappa shape index (κ2) is 6.01. The number of nitrogens with two attached hydrogens (primary N) is 1. The van der Waals surface area contributed by atoms with Crippen LogP contribution in [0.3, 0.4) is 0 Å². The molecule has 1 rings (SSSR count). The minimum atomic E-state index is -0.551. The van der Waals surface area contributed by atoms with Gasteiger partial charge in [0.1, 0.15) is 5.82 Å². The standard InChI is InChI=1S/C13H16FN3O/c1-3-17(6-4-5-15)13(18)11-8-10(16)7-9(2)12(11)14/h7-8H,3-4,6,16H2,1-2H3. The number of nitrogen functional groups attached to an aromatic ring is 1. The van der Waals surface area contributed by atoms with Crippen molar-refractivity contribution in [3.8, 4) is 6.07 Å². The lowest BCUT2D eigenvalue weighted by molar-refractivity contribution is 0.0763. The molecule has 0 fully saturated rings. The van der Waals surface area contributed by atoms with Crippen LogP contribution in [0.15, 0.2) is 12.1 Å². The van der Waals surface area contributed by atoms with E-state index in [0.29, 0.717) is 24.3 Å². The van der Waals surface area contributed by atoms with Crippen LogP contribution in [0.5, 0.6) is 0 Å². The number of amides is 1. The SMILES string of the molecule is CCN(CCC#N)C(=O)c1cc(N)cc(C)c1F. The van der Waals surface area contributed by atoms with Gasteiger partial charge in [0.25, 0.3) is 5.91 Å². The number of carbonyl (C=O) groups excluding carboxylic acids is 1. The fourth-order valence-corrected chi connectivity index (χ4v) is 1.71. The Morgan fingerprint density at radius 2 is 2.22 bits per heavy atom. The zero-order chi connectivity index (χ0) is 13.7. The fraction of sp³-hybridized carbons (Fsp3) is 0.385. The van der Waals surface area contributed by atoms with Crippen molar-refractivity contribution >= 4 is 11.6 Å². The molecule has 96 valence electrons. The molecular weight excluding hydrogens is 233 g/mol. The average molecular weight is 249 g/mol. The fourth-order valence-electron chi connectivity index (χ4n) is 1.71. The molecule has 1 amide bonds. The average Bonchev–Trinajstić information content (AvgIpc) is 2.34. The Balaban J connectivity index is 3.06. The first kappa shape index (κ1) is 14.0. The van der Waals surface area contributed by atoms with Gasteiger partial charge < -0.3 is 10.6 Å². The third-order valence-electron chi connectivity index (χ3n) is 2.67. The van der Waals surface area contributed by atoms with Crippen molar-refractivity contribution in [2.75, 3.05) is 18.8 Å². The number of hydrogen-bond donors (Lipinski definition) is 1. The number of benzene rings is 1. The van der Waals surface area contributed by atoms with Gasteiger partial charge in [0.15, 0.2) is 0 Å². The maximum absolute atomic E-state index is 13.9. The van der Waals surface area contributed by atoms with Crippen LogP contribution in [0.2, 0.25) is 0 Å². The molecule has 18 heavy (non-hydrogen) atoms. The molecule has 0 saturated heterocycles. The van der Waals surface area contributed by atoms with Crippen molar-refractivity contribution < 1.29 is 9.18 Å². The van der Waals surface area contributed by atoms with Gasteiger partial charge in [0.2, 0.25) is 0 Å². The summed E-state index contributed by atoms with van der Waals surface area (Å²) in [6.07, 6.45) is 0.225. The van der Waals surface area contributed by atoms with E-state index in [2.05, 4.69) is 0 Å². The Morgan fingerprint density at radius 3 is 2.78 bits per heavy atom. The summed E-state index contributed by atoms with van der Waals surface area (Å²) in [5.74, 6) is -0.981. The summed E-state index contributed by atoms with van der Waals surface area (Å²) in [6.45, 7) is 4.06. The van der Waals surface area contributed by atoms with Crippen LogP contribution in [0, 0.1) is 24.1 Å². The molecule has 0 unspecified atom stereocenters. The van der Waals surface area contributed by atoms with Crippen molar-refractivity contribution in [3.63, 3.8) is 0 Å². The smallest absolute Gasteiger partial charge is 0.256 e. The van der Waals surface area contributed by atoms with Gasteiger partial charge in [-0.15, -0.1) is 0 Å². The molecule has 4 nitrogen and oxygen atoms in total. The molecule has 1 aromatic rings.